The predicted octanol–water partition coefficient (Wildman–Crippen LogP) is 2.93. The van der Waals surface area contributed by atoms with Crippen molar-refractivity contribution in [2.24, 2.45) is 0 Å². The number of likely N-dealkylation sites (tertiary alicyclic amines) is 1. The van der Waals surface area contributed by atoms with Crippen LogP contribution in [-0.2, 0) is 4.79 Å². The summed E-state index contributed by atoms with van der Waals surface area (Å²) in [7, 11) is 0. The molecule has 2 atom stereocenters. The Morgan fingerprint density at radius 1 is 1.06 bits per heavy atom. The van der Waals surface area contributed by atoms with Crippen molar-refractivity contribution in [3.05, 3.63) is 54.1 Å². The number of aliphatic hydroxyl groups is 1. The van der Waals surface area contributed by atoms with Gasteiger partial charge in [-0.25, -0.2) is 0 Å². The van der Waals surface area contributed by atoms with E-state index in [2.05, 4.69) is 10.2 Å². The summed E-state index contributed by atoms with van der Waals surface area (Å²) in [4.78, 5) is 15.0. The summed E-state index contributed by atoms with van der Waals surface area (Å²) in [6, 6.07) is 14.7. The van der Waals surface area contributed by atoms with E-state index >= 15 is 0 Å². The first-order valence-corrected chi connectivity index (χ1v) is 11.5. The largest absolute Gasteiger partial charge is 0.494 e. The summed E-state index contributed by atoms with van der Waals surface area (Å²) in [6.07, 6.45) is 2.42. The number of fused-ring (bicyclic) bond motifs is 1. The number of aliphatic hydroxyl groups excluding tert-OH is 1. The molecular formula is C25H32N2O5. The van der Waals surface area contributed by atoms with Crippen LogP contribution in [0.15, 0.2) is 48.5 Å². The van der Waals surface area contributed by atoms with E-state index in [0.29, 0.717) is 56.3 Å². The quantitative estimate of drug-likeness (QED) is 0.553. The molecule has 0 saturated carbocycles. The monoisotopic (exact) mass is 440 g/mol. The second kappa shape index (κ2) is 11.2. The Morgan fingerprint density at radius 2 is 1.81 bits per heavy atom. The van der Waals surface area contributed by atoms with Crippen LogP contribution < -0.4 is 19.5 Å². The van der Waals surface area contributed by atoms with Crippen LogP contribution in [0.4, 0.5) is 0 Å². The van der Waals surface area contributed by atoms with E-state index in [4.69, 9.17) is 14.2 Å². The first-order valence-electron chi connectivity index (χ1n) is 11.5. The van der Waals surface area contributed by atoms with E-state index in [0.717, 1.165) is 31.7 Å². The van der Waals surface area contributed by atoms with Gasteiger partial charge in [0, 0.05) is 13.0 Å². The minimum Gasteiger partial charge on any atom is -0.494 e. The minimum atomic E-state index is -0.837. The molecule has 2 heterocycles. The van der Waals surface area contributed by atoms with E-state index in [1.807, 2.05) is 48.5 Å². The van der Waals surface area contributed by atoms with Crippen LogP contribution in [0.5, 0.6) is 17.2 Å². The lowest BCUT2D eigenvalue weighted by Gasteiger charge is -2.29. The van der Waals surface area contributed by atoms with Crippen molar-refractivity contribution in [3.8, 4) is 17.2 Å². The van der Waals surface area contributed by atoms with Crippen LogP contribution in [0, 0.1) is 0 Å². The van der Waals surface area contributed by atoms with Crippen molar-refractivity contribution < 1.29 is 24.1 Å². The van der Waals surface area contributed by atoms with Gasteiger partial charge in [-0.3, -0.25) is 4.79 Å². The van der Waals surface area contributed by atoms with Crippen molar-refractivity contribution in [1.82, 2.24) is 10.2 Å². The van der Waals surface area contributed by atoms with Crippen molar-refractivity contribution in [1.29, 1.82) is 0 Å². The average Bonchev–Trinajstić information content (AvgIpc) is 3.34. The van der Waals surface area contributed by atoms with Gasteiger partial charge in [0.05, 0.1) is 12.6 Å². The number of hydrogen-bond acceptors (Lipinski definition) is 6. The Bertz CT molecular complexity index is 870. The number of nitrogens with zero attached hydrogens (tertiary/aromatic N) is 1. The molecule has 4 rings (SSSR count). The molecular weight excluding hydrogens is 408 g/mol. The van der Waals surface area contributed by atoms with Gasteiger partial charge in [-0.05, 0) is 62.2 Å². The number of ether oxygens (including phenoxy) is 3. The molecule has 1 fully saturated rings. The molecule has 2 unspecified atom stereocenters. The first-order chi connectivity index (χ1) is 15.7. The Labute approximate surface area is 189 Å². The van der Waals surface area contributed by atoms with Crippen LogP contribution >= 0.6 is 0 Å². The van der Waals surface area contributed by atoms with E-state index in [1.54, 1.807) is 0 Å². The maximum atomic E-state index is 12.7. The topological polar surface area (TPSA) is 80.3 Å². The second-order valence-electron chi connectivity index (χ2n) is 8.29. The second-order valence-corrected chi connectivity index (χ2v) is 8.29. The van der Waals surface area contributed by atoms with E-state index < -0.39 is 12.1 Å². The summed E-state index contributed by atoms with van der Waals surface area (Å²) < 4.78 is 16.9. The van der Waals surface area contributed by atoms with E-state index in [-0.39, 0.29) is 5.91 Å². The van der Waals surface area contributed by atoms with Crippen LogP contribution in [0.2, 0.25) is 0 Å². The molecule has 2 aromatic carbocycles. The molecule has 32 heavy (non-hydrogen) atoms. The number of benzene rings is 2. The molecule has 2 aromatic rings. The molecule has 1 saturated heterocycles. The maximum absolute atomic E-state index is 12.7. The summed E-state index contributed by atoms with van der Waals surface area (Å²) in [5.41, 5.74) is 0.714. The number of amides is 1. The van der Waals surface area contributed by atoms with Gasteiger partial charge in [0.1, 0.15) is 25.1 Å². The number of rotatable bonds is 10. The molecule has 172 valence electrons. The molecule has 0 spiro atoms. The lowest BCUT2D eigenvalue weighted by Crippen LogP contribution is -2.46. The molecule has 0 bridgehead atoms. The van der Waals surface area contributed by atoms with E-state index in [1.165, 1.54) is 0 Å². The zero-order valence-electron chi connectivity index (χ0n) is 18.4. The van der Waals surface area contributed by atoms with Gasteiger partial charge in [-0.1, -0.05) is 24.3 Å². The number of carbonyl (C=O) groups is 1. The van der Waals surface area contributed by atoms with Crippen molar-refractivity contribution >= 4 is 5.91 Å². The van der Waals surface area contributed by atoms with Gasteiger partial charge in [0.2, 0.25) is 5.91 Å². The Kier molecular flexibility index (Phi) is 7.85. The number of hydrogen-bond donors (Lipinski definition) is 2. The normalized spacial score (nSPS) is 17.5. The van der Waals surface area contributed by atoms with Gasteiger partial charge < -0.3 is 29.5 Å². The average molecular weight is 441 g/mol. The summed E-state index contributed by atoms with van der Waals surface area (Å²) >= 11 is 0. The van der Waals surface area contributed by atoms with Gasteiger partial charge in [0.15, 0.2) is 11.5 Å². The van der Waals surface area contributed by atoms with Crippen LogP contribution in [0.1, 0.15) is 37.4 Å². The van der Waals surface area contributed by atoms with Crippen LogP contribution in [0.25, 0.3) is 0 Å². The molecule has 2 N–H and O–H groups in total. The summed E-state index contributed by atoms with van der Waals surface area (Å²) in [5.74, 6) is 2.04. The molecule has 2 aliphatic heterocycles. The van der Waals surface area contributed by atoms with Gasteiger partial charge in [-0.2, -0.15) is 0 Å². The van der Waals surface area contributed by atoms with Crippen LogP contribution in [0.3, 0.4) is 0 Å². The van der Waals surface area contributed by atoms with Crippen molar-refractivity contribution in [2.75, 3.05) is 39.5 Å². The molecule has 0 radical (unpaired) electrons. The molecule has 2 aliphatic rings. The van der Waals surface area contributed by atoms with Crippen molar-refractivity contribution in [2.45, 2.75) is 37.8 Å². The number of carbonyl (C=O) groups excluding carboxylic acids is 1. The van der Waals surface area contributed by atoms with Crippen LogP contribution in [-0.4, -0.2) is 61.4 Å². The lowest BCUT2D eigenvalue weighted by molar-refractivity contribution is -0.123. The maximum Gasteiger partial charge on any atom is 0.220 e. The first kappa shape index (κ1) is 22.4. The third-order valence-electron chi connectivity index (χ3n) is 5.85. The summed E-state index contributed by atoms with van der Waals surface area (Å²) in [5, 5.41) is 14.2. The zero-order valence-corrected chi connectivity index (χ0v) is 18.4. The lowest BCUT2D eigenvalue weighted by atomic mass is 10.0. The molecule has 0 aromatic heterocycles. The fraction of sp³-hybridized carbons (Fsp3) is 0.480. The Hall–Kier alpha value is -2.77. The highest BCUT2D eigenvalue weighted by Gasteiger charge is 2.27. The highest BCUT2D eigenvalue weighted by molar-refractivity contribution is 5.76. The predicted molar refractivity (Wildman–Crippen MR) is 121 cm³/mol. The smallest absolute Gasteiger partial charge is 0.220 e. The highest BCUT2D eigenvalue weighted by Crippen LogP contribution is 2.33. The highest BCUT2D eigenvalue weighted by atomic mass is 16.6. The fourth-order valence-electron chi connectivity index (χ4n) is 4.16. The standard InChI is InChI=1S/C25H32N2O5/c28-24(9-6-14-30-20-7-2-1-3-8-20)26-21(18-27-12-4-5-13-27)25(29)19-10-11-22-23(17-19)32-16-15-31-22/h1-3,7-8,10-11,17,21,25,29H,4-6,9,12-16,18H2,(H,26,28). The SMILES string of the molecule is O=C(CCCOc1ccccc1)NC(CN1CCCC1)C(O)c1ccc2c(c1)OCCO2. The zero-order chi connectivity index (χ0) is 22.2. The molecule has 1 amide bonds. The molecule has 0 aliphatic carbocycles. The fourth-order valence-corrected chi connectivity index (χ4v) is 4.16. The van der Waals surface area contributed by atoms with Gasteiger partial charge >= 0.3 is 0 Å². The number of nitrogens with one attached hydrogen (secondary N) is 1. The minimum absolute atomic E-state index is 0.0811. The molecule has 7 nitrogen and oxygen atoms in total. The van der Waals surface area contributed by atoms with E-state index in [9.17, 15) is 9.90 Å². The Morgan fingerprint density at radius 3 is 2.59 bits per heavy atom. The Balaban J connectivity index is 1.34. The molecule has 7 heteroatoms. The third-order valence-corrected chi connectivity index (χ3v) is 5.85. The van der Waals surface area contributed by atoms with Gasteiger partial charge in [-0.15, -0.1) is 0 Å². The van der Waals surface area contributed by atoms with Crippen molar-refractivity contribution in [3.63, 3.8) is 0 Å². The number of para-hydroxylation sites is 1. The third kappa shape index (κ3) is 6.14. The van der Waals surface area contributed by atoms with Gasteiger partial charge in [0.25, 0.3) is 0 Å². The summed E-state index contributed by atoms with van der Waals surface area (Å²) in [6.45, 7) is 4.08.